The van der Waals surface area contributed by atoms with E-state index < -0.39 is 11.6 Å². The third-order valence-electron chi connectivity index (χ3n) is 7.44. The fourth-order valence-electron chi connectivity index (χ4n) is 5.16. The van der Waals surface area contributed by atoms with E-state index in [2.05, 4.69) is 16.3 Å². The van der Waals surface area contributed by atoms with Crippen molar-refractivity contribution in [3.8, 4) is 38.3 Å². The van der Waals surface area contributed by atoms with E-state index in [4.69, 9.17) is 9.72 Å². The summed E-state index contributed by atoms with van der Waals surface area (Å²) in [6, 6.07) is 19.4. The molecule has 2 aromatic carbocycles. The van der Waals surface area contributed by atoms with Gasteiger partial charge in [-0.25, -0.2) is 9.78 Å². The Labute approximate surface area is 263 Å². The normalized spacial score (nSPS) is 13.0. The van der Waals surface area contributed by atoms with Crippen molar-refractivity contribution in [2.45, 2.75) is 39.4 Å². The van der Waals surface area contributed by atoms with Crippen LogP contribution in [0, 0.1) is 0 Å². The van der Waals surface area contributed by atoms with Gasteiger partial charge in [0.2, 0.25) is 0 Å². The number of thiazole rings is 1. The van der Waals surface area contributed by atoms with Gasteiger partial charge in [0.1, 0.15) is 23.1 Å². The van der Waals surface area contributed by atoms with Crippen LogP contribution in [0.3, 0.4) is 0 Å². The molecule has 12 heteroatoms. The molecule has 0 radical (unpaired) electrons. The molecule has 0 spiro atoms. The van der Waals surface area contributed by atoms with Crippen molar-refractivity contribution in [3.63, 3.8) is 0 Å². The minimum Gasteiger partial charge on any atom is -0.491 e. The van der Waals surface area contributed by atoms with Crippen LogP contribution in [-0.4, -0.2) is 71.9 Å². The lowest BCUT2D eigenvalue weighted by molar-refractivity contribution is 0.0707. The maximum atomic E-state index is 13.3. The van der Waals surface area contributed by atoms with E-state index in [0.717, 1.165) is 22.0 Å². The number of fused-ring (bicyclic) bond motifs is 1. The van der Waals surface area contributed by atoms with Crippen molar-refractivity contribution in [1.82, 2.24) is 29.5 Å². The topological polar surface area (TPSA) is 114 Å². The van der Waals surface area contributed by atoms with Gasteiger partial charge in [0.25, 0.3) is 5.91 Å². The molecule has 0 atom stereocenters. The lowest BCUT2D eigenvalue weighted by Crippen LogP contribution is -2.46. The van der Waals surface area contributed by atoms with Crippen molar-refractivity contribution in [1.29, 1.82) is 0 Å². The molecule has 10 nitrogen and oxygen atoms in total. The number of ether oxygens (including phenoxy) is 1. The fourth-order valence-corrected chi connectivity index (χ4v) is 6.72. The van der Waals surface area contributed by atoms with Crippen LogP contribution in [0.4, 0.5) is 4.79 Å². The zero-order chi connectivity index (χ0) is 30.8. The van der Waals surface area contributed by atoms with E-state index >= 15 is 0 Å². The molecule has 0 saturated carbocycles. The van der Waals surface area contributed by atoms with E-state index in [-0.39, 0.29) is 19.1 Å². The molecule has 0 bridgehead atoms. The number of nitrogens with zero attached hydrogens (tertiary/aromatic N) is 6. The molecule has 0 fully saturated rings. The fraction of sp³-hybridized carbons (Fsp3) is 0.281. The molecule has 0 unspecified atom stereocenters. The van der Waals surface area contributed by atoms with Crippen molar-refractivity contribution < 1.29 is 19.4 Å². The van der Waals surface area contributed by atoms with E-state index in [1.54, 1.807) is 16.2 Å². The van der Waals surface area contributed by atoms with Crippen molar-refractivity contribution in [2.24, 2.45) is 0 Å². The number of carbonyl (C=O) groups is 2. The largest absolute Gasteiger partial charge is 0.491 e. The first-order chi connectivity index (χ1) is 21.2. The van der Waals surface area contributed by atoms with Gasteiger partial charge >= 0.3 is 6.09 Å². The molecule has 1 aliphatic heterocycles. The maximum absolute atomic E-state index is 13.3. The first-order valence-electron chi connectivity index (χ1n) is 14.2. The van der Waals surface area contributed by atoms with E-state index in [1.807, 2.05) is 90.7 Å². The number of aromatic nitrogens is 4. The SMILES string of the molecule is CC(C)(C)N(CCOc1ccccc1-c1nc(-c2nnc3n2CCN(C(=O)c2ccc(-c4cccs4)cc2)C3)cs1)C(=O)O. The molecule has 5 aromatic rings. The second-order valence-corrected chi connectivity index (χ2v) is 13.2. The number of para-hydroxylation sites is 1. The quantitative estimate of drug-likeness (QED) is 0.206. The number of hydrogen-bond donors (Lipinski definition) is 1. The Morgan fingerprint density at radius 2 is 1.80 bits per heavy atom. The highest BCUT2D eigenvalue weighted by Gasteiger charge is 2.28. The molecule has 44 heavy (non-hydrogen) atoms. The van der Waals surface area contributed by atoms with Crippen molar-refractivity contribution in [2.75, 3.05) is 19.7 Å². The van der Waals surface area contributed by atoms with Gasteiger partial charge in [-0.1, -0.05) is 30.3 Å². The van der Waals surface area contributed by atoms with Crippen LogP contribution in [-0.2, 0) is 13.1 Å². The molecule has 226 valence electrons. The summed E-state index contributed by atoms with van der Waals surface area (Å²) in [6.07, 6.45) is -0.980. The molecule has 2 amide bonds. The molecule has 6 rings (SSSR count). The lowest BCUT2D eigenvalue weighted by atomic mass is 10.1. The van der Waals surface area contributed by atoms with Crippen molar-refractivity contribution in [3.05, 3.63) is 82.8 Å². The summed E-state index contributed by atoms with van der Waals surface area (Å²) in [5.41, 5.74) is 2.74. The number of amides is 2. The minimum atomic E-state index is -0.980. The Bertz CT molecular complexity index is 1770. The van der Waals surface area contributed by atoms with Crippen LogP contribution in [0.25, 0.3) is 32.5 Å². The number of rotatable bonds is 8. The molecular formula is C32H32N6O4S2. The van der Waals surface area contributed by atoms with E-state index in [9.17, 15) is 14.7 Å². The maximum Gasteiger partial charge on any atom is 0.407 e. The predicted octanol–water partition coefficient (Wildman–Crippen LogP) is 6.61. The van der Waals surface area contributed by atoms with Gasteiger partial charge in [-0.15, -0.1) is 32.9 Å². The molecular weight excluding hydrogens is 597 g/mol. The molecule has 1 N–H and O–H groups in total. The van der Waals surface area contributed by atoms with Crippen LogP contribution in [0.5, 0.6) is 5.75 Å². The Morgan fingerprint density at radius 1 is 1.00 bits per heavy atom. The molecule has 0 aliphatic carbocycles. The van der Waals surface area contributed by atoms with Crippen molar-refractivity contribution >= 4 is 34.7 Å². The highest BCUT2D eigenvalue weighted by Crippen LogP contribution is 2.35. The van der Waals surface area contributed by atoms with Gasteiger partial charge in [0.15, 0.2) is 11.6 Å². The average molecular weight is 629 g/mol. The third-order valence-corrected chi connectivity index (χ3v) is 9.24. The predicted molar refractivity (Wildman–Crippen MR) is 171 cm³/mol. The average Bonchev–Trinajstić information content (AvgIpc) is 3.79. The van der Waals surface area contributed by atoms with Crippen LogP contribution >= 0.6 is 22.7 Å². The Hall–Kier alpha value is -4.55. The summed E-state index contributed by atoms with van der Waals surface area (Å²) in [5, 5.41) is 23.2. The standard InChI is InChI=1S/C32H32N6O4S2/c1-32(2,3)38(31(40)41)16-17-42-25-8-5-4-7-23(25)29-33-24(20-44-29)28-35-34-27-19-36(14-15-37(27)28)30(39)22-12-10-21(11-13-22)26-9-6-18-43-26/h4-13,18,20H,14-17,19H2,1-3H3,(H,40,41). The van der Waals surface area contributed by atoms with Crippen LogP contribution in [0.15, 0.2) is 71.4 Å². The first kappa shape index (κ1) is 29.5. The van der Waals surface area contributed by atoms with E-state index in [1.165, 1.54) is 21.1 Å². The summed E-state index contributed by atoms with van der Waals surface area (Å²) in [7, 11) is 0. The third kappa shape index (κ3) is 6.08. The molecule has 4 heterocycles. The first-order valence-corrected chi connectivity index (χ1v) is 16.0. The van der Waals surface area contributed by atoms with Crippen LogP contribution in [0.2, 0.25) is 0 Å². The number of carbonyl (C=O) groups excluding carboxylic acids is 1. The summed E-state index contributed by atoms with van der Waals surface area (Å²) < 4.78 is 8.07. The second-order valence-electron chi connectivity index (χ2n) is 11.4. The smallest absolute Gasteiger partial charge is 0.407 e. The zero-order valence-corrected chi connectivity index (χ0v) is 26.3. The molecule has 3 aromatic heterocycles. The molecule has 0 saturated heterocycles. The van der Waals surface area contributed by atoms with Gasteiger partial charge in [-0.05, 0) is 62.0 Å². The van der Waals surface area contributed by atoms with Gasteiger partial charge in [0, 0.05) is 34.4 Å². The van der Waals surface area contributed by atoms with E-state index in [0.29, 0.717) is 42.5 Å². The monoisotopic (exact) mass is 628 g/mol. The number of hydrogen-bond acceptors (Lipinski definition) is 8. The van der Waals surface area contributed by atoms with Crippen LogP contribution < -0.4 is 4.74 Å². The summed E-state index contributed by atoms with van der Waals surface area (Å²) in [5.74, 6) is 1.99. The van der Waals surface area contributed by atoms with Crippen LogP contribution in [0.1, 0.15) is 37.0 Å². The lowest BCUT2D eigenvalue weighted by Gasteiger charge is -2.33. The highest BCUT2D eigenvalue weighted by atomic mass is 32.1. The Kier molecular flexibility index (Phi) is 8.19. The Morgan fingerprint density at radius 3 is 2.52 bits per heavy atom. The van der Waals surface area contributed by atoms with Gasteiger partial charge in [0.05, 0.1) is 18.7 Å². The summed E-state index contributed by atoms with van der Waals surface area (Å²) in [6.45, 7) is 7.50. The summed E-state index contributed by atoms with van der Waals surface area (Å²) in [4.78, 5) is 34.2. The summed E-state index contributed by atoms with van der Waals surface area (Å²) >= 11 is 3.15. The van der Waals surface area contributed by atoms with Gasteiger partial charge in [-0.3, -0.25) is 4.79 Å². The molecule has 1 aliphatic rings. The highest BCUT2D eigenvalue weighted by molar-refractivity contribution is 7.13. The Balaban J connectivity index is 1.14. The zero-order valence-electron chi connectivity index (χ0n) is 24.6. The number of carboxylic acid groups (broad SMARTS) is 1. The second kappa shape index (κ2) is 12.2. The van der Waals surface area contributed by atoms with Gasteiger partial charge in [-0.2, -0.15) is 0 Å². The minimum absolute atomic E-state index is 0.0277. The van der Waals surface area contributed by atoms with Gasteiger partial charge < -0.3 is 24.2 Å². The number of benzene rings is 2. The number of thiophene rings is 1.